The van der Waals surface area contributed by atoms with Crippen LogP contribution < -0.4 is 0 Å². The van der Waals surface area contributed by atoms with E-state index in [2.05, 4.69) is 11.6 Å². The van der Waals surface area contributed by atoms with Crippen LogP contribution in [0.2, 0.25) is 0 Å². The Bertz CT molecular complexity index is 241. The van der Waals surface area contributed by atoms with Crippen LogP contribution in [-0.4, -0.2) is 20.8 Å². The second-order valence-electron chi connectivity index (χ2n) is 2.77. The molecule has 0 aliphatic rings. The molecule has 1 heterocycles. The maximum Gasteiger partial charge on any atom is 0.0989 e. The number of nitrogens with zero attached hydrogens (tertiary/aromatic N) is 2. The van der Waals surface area contributed by atoms with Crippen molar-refractivity contribution in [1.82, 2.24) is 9.55 Å². The van der Waals surface area contributed by atoms with Crippen molar-refractivity contribution in [3.8, 4) is 0 Å². The number of aromatic nitrogens is 2. The predicted octanol–water partition coefficient (Wildman–Crippen LogP) is 1.51. The van der Waals surface area contributed by atoms with Gasteiger partial charge < -0.3 is 9.67 Å². The van der Waals surface area contributed by atoms with E-state index in [0.717, 1.165) is 12.8 Å². The molecule has 1 rings (SSSR count). The molecule has 1 aromatic heterocycles. The molecule has 1 unspecified atom stereocenters. The topological polar surface area (TPSA) is 38.0 Å². The van der Waals surface area contributed by atoms with Gasteiger partial charge >= 0.3 is 0 Å². The molecule has 0 radical (unpaired) electrons. The summed E-state index contributed by atoms with van der Waals surface area (Å²) in [5.74, 6) is 0. The smallest absolute Gasteiger partial charge is 0.0989 e. The Morgan fingerprint density at radius 3 is 3.00 bits per heavy atom. The van der Waals surface area contributed by atoms with Crippen LogP contribution >= 0.6 is 0 Å². The zero-order valence-corrected chi connectivity index (χ0v) is 7.27. The summed E-state index contributed by atoms with van der Waals surface area (Å²) >= 11 is 0. The zero-order chi connectivity index (χ0) is 8.97. The zero-order valence-electron chi connectivity index (χ0n) is 7.27. The molecule has 0 saturated carbocycles. The van der Waals surface area contributed by atoms with Gasteiger partial charge in [0.1, 0.15) is 0 Å². The molecule has 1 N–H and O–H groups in total. The van der Waals surface area contributed by atoms with Crippen LogP contribution in [0.4, 0.5) is 0 Å². The highest BCUT2D eigenvalue weighted by atomic mass is 16.3. The van der Waals surface area contributed by atoms with Crippen LogP contribution in [0.1, 0.15) is 19.8 Å². The van der Waals surface area contributed by atoms with Crippen molar-refractivity contribution in [2.45, 2.75) is 25.9 Å². The molecule has 3 nitrogen and oxygen atoms in total. The Morgan fingerprint density at radius 2 is 2.50 bits per heavy atom. The molecular formula is C9H14N2O. The summed E-state index contributed by atoms with van der Waals surface area (Å²) < 4.78 is 1.74. The fraction of sp³-hybridized carbons (Fsp3) is 0.444. The van der Waals surface area contributed by atoms with Crippen LogP contribution in [0, 0.1) is 0 Å². The van der Waals surface area contributed by atoms with Crippen molar-refractivity contribution < 1.29 is 5.11 Å². The molecule has 0 aliphatic carbocycles. The third kappa shape index (κ3) is 1.95. The van der Waals surface area contributed by atoms with Gasteiger partial charge in [-0.15, -0.1) is 0 Å². The summed E-state index contributed by atoms with van der Waals surface area (Å²) in [6.45, 7) is 5.82. The molecule has 0 fully saturated rings. The quantitative estimate of drug-likeness (QED) is 0.736. The van der Waals surface area contributed by atoms with Crippen LogP contribution in [0.5, 0.6) is 0 Å². The maximum absolute atomic E-state index is 9.54. The lowest BCUT2D eigenvalue weighted by molar-refractivity contribution is 0.215. The minimum atomic E-state index is -0.454. The number of aliphatic hydroxyl groups excluding tert-OH is 1. The average molecular weight is 166 g/mol. The van der Waals surface area contributed by atoms with Crippen molar-refractivity contribution in [2.75, 3.05) is 0 Å². The van der Waals surface area contributed by atoms with E-state index in [-0.39, 0.29) is 0 Å². The molecule has 1 aromatic rings. The van der Waals surface area contributed by atoms with Gasteiger partial charge in [0.25, 0.3) is 0 Å². The summed E-state index contributed by atoms with van der Waals surface area (Å²) in [5.41, 5.74) is 0.689. The second kappa shape index (κ2) is 4.07. The maximum atomic E-state index is 9.54. The first-order valence-corrected chi connectivity index (χ1v) is 4.11. The summed E-state index contributed by atoms with van der Waals surface area (Å²) in [4.78, 5) is 3.88. The number of hydrogen-bond acceptors (Lipinski definition) is 2. The summed E-state index contributed by atoms with van der Waals surface area (Å²) in [6.07, 6.45) is 6.34. The predicted molar refractivity (Wildman–Crippen MR) is 48.5 cm³/mol. The van der Waals surface area contributed by atoms with Gasteiger partial charge in [0.15, 0.2) is 0 Å². The van der Waals surface area contributed by atoms with Gasteiger partial charge in [0.05, 0.1) is 12.4 Å². The van der Waals surface area contributed by atoms with E-state index in [1.165, 1.54) is 0 Å². The van der Waals surface area contributed by atoms with Crippen molar-refractivity contribution in [3.05, 3.63) is 25.3 Å². The lowest BCUT2D eigenvalue weighted by atomic mass is 10.1. The number of imidazole rings is 1. The van der Waals surface area contributed by atoms with Gasteiger partial charge in [-0.1, -0.05) is 19.9 Å². The number of hydrogen-bond donors (Lipinski definition) is 1. The fourth-order valence-electron chi connectivity index (χ4n) is 1.04. The molecule has 0 bridgehead atoms. The highest BCUT2D eigenvalue weighted by Gasteiger charge is 2.07. The van der Waals surface area contributed by atoms with Crippen molar-refractivity contribution in [2.24, 2.45) is 0 Å². The Balaban J connectivity index is 2.59. The van der Waals surface area contributed by atoms with E-state index in [4.69, 9.17) is 0 Å². The van der Waals surface area contributed by atoms with Crippen LogP contribution in [0.25, 0.3) is 5.70 Å². The Morgan fingerprint density at radius 1 is 1.75 bits per heavy atom. The first kappa shape index (κ1) is 9.00. The summed E-state index contributed by atoms with van der Waals surface area (Å²) in [6, 6.07) is 0. The molecule has 0 amide bonds. The second-order valence-corrected chi connectivity index (χ2v) is 2.77. The number of aliphatic hydroxyl groups is 1. The summed E-state index contributed by atoms with van der Waals surface area (Å²) in [7, 11) is 0. The number of rotatable bonds is 4. The van der Waals surface area contributed by atoms with E-state index in [1.807, 2.05) is 6.92 Å². The van der Waals surface area contributed by atoms with Crippen molar-refractivity contribution in [1.29, 1.82) is 0 Å². The third-order valence-corrected chi connectivity index (χ3v) is 1.78. The van der Waals surface area contributed by atoms with Gasteiger partial charge in [0.2, 0.25) is 0 Å². The van der Waals surface area contributed by atoms with Gasteiger partial charge in [0, 0.05) is 18.1 Å². The van der Waals surface area contributed by atoms with Crippen LogP contribution in [-0.2, 0) is 0 Å². The molecule has 3 heteroatoms. The minimum absolute atomic E-state index is 0.454. The lowest BCUT2D eigenvalue weighted by Gasteiger charge is -2.12. The third-order valence-electron chi connectivity index (χ3n) is 1.78. The Hall–Kier alpha value is -1.09. The largest absolute Gasteiger partial charge is 0.387 e. The lowest BCUT2D eigenvalue weighted by Crippen LogP contribution is -2.12. The van der Waals surface area contributed by atoms with E-state index < -0.39 is 6.10 Å². The molecule has 0 aliphatic heterocycles. The van der Waals surface area contributed by atoms with E-state index in [1.54, 1.807) is 23.3 Å². The molecule has 1 atom stereocenters. The standard InChI is InChI=1S/C9H14N2O/c1-3-4-9(12)8(2)11-6-5-10-7-11/h5-7,9,12H,2-4H2,1H3. The SMILES string of the molecule is C=C(C(O)CCC)n1ccnc1. The van der Waals surface area contributed by atoms with E-state index in [9.17, 15) is 5.11 Å². The van der Waals surface area contributed by atoms with Gasteiger partial charge in [-0.05, 0) is 6.42 Å². The Kier molecular flexibility index (Phi) is 3.05. The van der Waals surface area contributed by atoms with Crippen LogP contribution in [0.3, 0.4) is 0 Å². The average Bonchev–Trinajstić information content (AvgIpc) is 2.55. The van der Waals surface area contributed by atoms with Gasteiger partial charge in [-0.25, -0.2) is 4.98 Å². The molecule has 0 spiro atoms. The van der Waals surface area contributed by atoms with Crippen molar-refractivity contribution >= 4 is 5.70 Å². The molecule has 12 heavy (non-hydrogen) atoms. The highest BCUT2D eigenvalue weighted by Crippen LogP contribution is 2.11. The highest BCUT2D eigenvalue weighted by molar-refractivity contribution is 5.45. The van der Waals surface area contributed by atoms with Gasteiger partial charge in [-0.3, -0.25) is 0 Å². The fourth-order valence-corrected chi connectivity index (χ4v) is 1.04. The van der Waals surface area contributed by atoms with Gasteiger partial charge in [-0.2, -0.15) is 0 Å². The molecule has 0 saturated heterocycles. The minimum Gasteiger partial charge on any atom is -0.387 e. The Labute approximate surface area is 72.4 Å². The molecule has 0 aromatic carbocycles. The first-order valence-electron chi connectivity index (χ1n) is 4.11. The summed E-state index contributed by atoms with van der Waals surface area (Å²) in [5, 5.41) is 9.54. The first-order chi connectivity index (χ1) is 5.75. The normalized spacial score (nSPS) is 12.8. The van der Waals surface area contributed by atoms with E-state index >= 15 is 0 Å². The molecule has 66 valence electrons. The van der Waals surface area contributed by atoms with E-state index in [0.29, 0.717) is 5.70 Å². The monoisotopic (exact) mass is 166 g/mol. The molecular weight excluding hydrogens is 152 g/mol. The van der Waals surface area contributed by atoms with Crippen molar-refractivity contribution in [3.63, 3.8) is 0 Å². The van der Waals surface area contributed by atoms with Crippen LogP contribution in [0.15, 0.2) is 25.3 Å².